The van der Waals surface area contributed by atoms with Crippen molar-refractivity contribution in [3.63, 3.8) is 0 Å². The Labute approximate surface area is 126 Å². The van der Waals surface area contributed by atoms with Gasteiger partial charge < -0.3 is 0 Å². The van der Waals surface area contributed by atoms with Crippen molar-refractivity contribution in [3.05, 3.63) is 14.7 Å². The summed E-state index contributed by atoms with van der Waals surface area (Å²) < 4.78 is 47.0. The van der Waals surface area contributed by atoms with Gasteiger partial charge in [0.1, 0.15) is 0 Å². The van der Waals surface area contributed by atoms with Crippen LogP contribution in [-0.2, 0) is 10.0 Å². The predicted octanol–water partition coefficient (Wildman–Crippen LogP) is 3.01. The fraction of sp³-hybridized carbons (Fsp3) is 0.600. The molecule has 5 nitrogen and oxygen atoms in total. The van der Waals surface area contributed by atoms with Gasteiger partial charge in [-0.05, 0) is 41.8 Å². The van der Waals surface area contributed by atoms with Gasteiger partial charge in [0.2, 0.25) is 10.0 Å². The number of thiophene rings is 1. The van der Waals surface area contributed by atoms with Crippen LogP contribution in [0.3, 0.4) is 0 Å². The van der Waals surface area contributed by atoms with Gasteiger partial charge in [0.25, 0.3) is 0 Å². The molecule has 0 saturated carbocycles. The van der Waals surface area contributed by atoms with Crippen molar-refractivity contribution in [1.82, 2.24) is 4.72 Å². The van der Waals surface area contributed by atoms with E-state index in [0.29, 0.717) is 17.7 Å². The number of halogens is 1. The molecule has 2 rings (SSSR count). The molecule has 1 saturated heterocycles. The van der Waals surface area contributed by atoms with E-state index in [2.05, 4.69) is 20.7 Å². The second-order valence-corrected chi connectivity index (χ2v) is 11.3. The molecular weight excluding hydrogens is 374 g/mol. The van der Waals surface area contributed by atoms with E-state index in [-0.39, 0.29) is 17.5 Å². The van der Waals surface area contributed by atoms with Crippen LogP contribution in [0.5, 0.6) is 0 Å². The number of hydrogen-bond acceptors (Lipinski definition) is 5. The number of nitrogens with one attached hydrogen (secondary N) is 1. The quantitative estimate of drug-likeness (QED) is 0.741. The summed E-state index contributed by atoms with van der Waals surface area (Å²) in [7, 11) is -6.01. The molecule has 1 fully saturated rings. The van der Waals surface area contributed by atoms with Gasteiger partial charge in [-0.2, -0.15) is 10.6 Å². The van der Waals surface area contributed by atoms with Crippen LogP contribution in [0.15, 0.2) is 14.7 Å². The van der Waals surface area contributed by atoms with Crippen LogP contribution >= 0.6 is 37.9 Å². The highest BCUT2D eigenvalue weighted by molar-refractivity contribution is 9.11. The van der Waals surface area contributed by atoms with Crippen LogP contribution in [0, 0.1) is 6.92 Å². The molecule has 1 aromatic rings. The average Bonchev–Trinajstić information content (AvgIpc) is 2.62. The fourth-order valence-corrected chi connectivity index (χ4v) is 7.25. The third-order valence-corrected chi connectivity index (χ3v) is 8.15. The van der Waals surface area contributed by atoms with Gasteiger partial charge in [0.05, 0.1) is 8.68 Å². The maximum atomic E-state index is 12.3. The normalized spacial score (nSPS) is 22.3. The van der Waals surface area contributed by atoms with Gasteiger partial charge in [-0.3, -0.25) is 9.11 Å². The SMILES string of the molecule is Cc1sc(Br)cc1S(=O)(=O)NC1CCS(O)(O)CC1. The second kappa shape index (κ2) is 5.63. The lowest BCUT2D eigenvalue weighted by Crippen LogP contribution is -2.39. The third kappa shape index (κ3) is 3.93. The van der Waals surface area contributed by atoms with Gasteiger partial charge in [0, 0.05) is 22.4 Å². The van der Waals surface area contributed by atoms with Crippen molar-refractivity contribution in [2.75, 3.05) is 11.5 Å². The zero-order valence-electron chi connectivity index (χ0n) is 10.3. The molecule has 0 amide bonds. The van der Waals surface area contributed by atoms with Gasteiger partial charge >= 0.3 is 0 Å². The summed E-state index contributed by atoms with van der Waals surface area (Å²) in [4.78, 5) is 1.03. The van der Waals surface area contributed by atoms with Crippen LogP contribution in [0.2, 0.25) is 0 Å². The summed E-state index contributed by atoms with van der Waals surface area (Å²) in [5, 5.41) is 0. The lowest BCUT2D eigenvalue weighted by atomic mass is 10.2. The maximum Gasteiger partial charge on any atom is 0.241 e. The van der Waals surface area contributed by atoms with Crippen LogP contribution in [0.1, 0.15) is 17.7 Å². The Hall–Kier alpha value is 0.360. The van der Waals surface area contributed by atoms with Crippen molar-refractivity contribution in [2.24, 2.45) is 0 Å². The molecule has 0 atom stereocenters. The van der Waals surface area contributed by atoms with E-state index in [0.717, 1.165) is 8.66 Å². The molecule has 0 unspecified atom stereocenters. The van der Waals surface area contributed by atoms with Gasteiger partial charge in [-0.1, -0.05) is 0 Å². The highest BCUT2D eigenvalue weighted by atomic mass is 79.9. The van der Waals surface area contributed by atoms with E-state index in [1.165, 1.54) is 11.3 Å². The van der Waals surface area contributed by atoms with E-state index in [9.17, 15) is 17.5 Å². The Morgan fingerprint density at radius 1 is 1.42 bits per heavy atom. The van der Waals surface area contributed by atoms with Crippen molar-refractivity contribution < 1.29 is 17.5 Å². The standard InChI is InChI=1S/C10H16BrNO4S3/c1-7-9(6-10(11)17-7)19(15,16)12-8-2-4-18(13,14)5-3-8/h6,8,12-14H,2-5H2,1H3. The molecule has 1 aliphatic heterocycles. The highest BCUT2D eigenvalue weighted by Gasteiger charge is 2.29. The summed E-state index contributed by atoms with van der Waals surface area (Å²) in [6, 6.07) is 1.38. The molecule has 0 bridgehead atoms. The van der Waals surface area contributed by atoms with E-state index >= 15 is 0 Å². The monoisotopic (exact) mass is 389 g/mol. The fourth-order valence-electron chi connectivity index (χ4n) is 2.01. The van der Waals surface area contributed by atoms with Crippen molar-refractivity contribution in [1.29, 1.82) is 0 Å². The molecule has 3 N–H and O–H groups in total. The lowest BCUT2D eigenvalue weighted by Gasteiger charge is -2.39. The molecule has 1 aliphatic rings. The zero-order valence-corrected chi connectivity index (χ0v) is 14.3. The molecule has 19 heavy (non-hydrogen) atoms. The van der Waals surface area contributed by atoms with Crippen LogP contribution in [0.4, 0.5) is 0 Å². The molecule has 0 radical (unpaired) electrons. The highest BCUT2D eigenvalue weighted by Crippen LogP contribution is 2.44. The molecule has 1 aromatic heterocycles. The van der Waals surface area contributed by atoms with E-state index in [1.807, 2.05) is 0 Å². The topological polar surface area (TPSA) is 86.6 Å². The number of rotatable bonds is 3. The summed E-state index contributed by atoms with van der Waals surface area (Å²) in [6.07, 6.45) is 0.928. The Kier molecular flexibility index (Phi) is 4.66. The average molecular weight is 390 g/mol. The maximum absolute atomic E-state index is 12.3. The molecule has 9 heteroatoms. The molecule has 0 aliphatic carbocycles. The molecule has 0 aromatic carbocycles. The minimum atomic E-state index is -3.53. The lowest BCUT2D eigenvalue weighted by molar-refractivity contribution is 0.444. The first-order chi connectivity index (χ1) is 8.70. The van der Waals surface area contributed by atoms with Crippen molar-refractivity contribution in [2.45, 2.75) is 30.7 Å². The summed E-state index contributed by atoms with van der Waals surface area (Å²) in [6.45, 7) is 1.77. The van der Waals surface area contributed by atoms with Crippen molar-refractivity contribution in [3.8, 4) is 0 Å². The Morgan fingerprint density at radius 2 is 2.00 bits per heavy atom. The van der Waals surface area contributed by atoms with E-state index in [4.69, 9.17) is 0 Å². The molecule has 110 valence electrons. The van der Waals surface area contributed by atoms with Gasteiger partial charge in [0.15, 0.2) is 0 Å². The van der Waals surface area contributed by atoms with Gasteiger partial charge in [-0.15, -0.1) is 11.3 Å². The Morgan fingerprint density at radius 3 is 2.47 bits per heavy atom. The number of sulfonamides is 1. The van der Waals surface area contributed by atoms with E-state index in [1.54, 1.807) is 13.0 Å². The first-order valence-electron chi connectivity index (χ1n) is 5.71. The minimum absolute atomic E-state index is 0.219. The van der Waals surface area contributed by atoms with Crippen molar-refractivity contribution >= 4 is 47.9 Å². The minimum Gasteiger partial charge on any atom is -0.299 e. The summed E-state index contributed by atoms with van der Waals surface area (Å²) >= 11 is 4.66. The van der Waals surface area contributed by atoms with Gasteiger partial charge in [-0.25, -0.2) is 13.1 Å². The molecule has 2 heterocycles. The van der Waals surface area contributed by atoms with E-state index < -0.39 is 20.6 Å². The summed E-state index contributed by atoms with van der Waals surface area (Å²) in [5.74, 6) is 0.541. The number of hydrogen-bond donors (Lipinski definition) is 3. The first kappa shape index (κ1) is 15.7. The molecular formula is C10H16BrNO4S3. The molecule has 0 spiro atoms. The zero-order chi connectivity index (χ0) is 14.3. The smallest absolute Gasteiger partial charge is 0.241 e. The van der Waals surface area contributed by atoms with Crippen LogP contribution in [0.25, 0.3) is 0 Å². The second-order valence-electron chi connectivity index (χ2n) is 4.58. The third-order valence-electron chi connectivity index (χ3n) is 3.04. The largest absolute Gasteiger partial charge is 0.299 e. The van der Waals surface area contributed by atoms with Crippen LogP contribution in [-0.4, -0.2) is 35.1 Å². The Balaban J connectivity index is 2.09. The Bertz CT molecular complexity index is 559. The van der Waals surface area contributed by atoms with Crippen LogP contribution < -0.4 is 4.72 Å². The first-order valence-corrected chi connectivity index (χ1v) is 10.7. The summed E-state index contributed by atoms with van der Waals surface area (Å²) in [5.41, 5.74) is 0. The predicted molar refractivity (Wildman–Crippen MR) is 82.7 cm³/mol. The number of aryl methyl sites for hydroxylation is 1.